The second-order valence-corrected chi connectivity index (χ2v) is 6.50. The smallest absolute Gasteiger partial charge is 0.262 e. The lowest BCUT2D eigenvalue weighted by Gasteiger charge is -2.14. The van der Waals surface area contributed by atoms with Gasteiger partial charge in [-0.25, -0.2) is 4.98 Å². The number of aryl methyl sites for hydroxylation is 1. The van der Waals surface area contributed by atoms with Crippen LogP contribution in [-0.4, -0.2) is 27.9 Å². The highest BCUT2D eigenvalue weighted by molar-refractivity contribution is 5.95. The van der Waals surface area contributed by atoms with Gasteiger partial charge in [0.15, 0.2) is 0 Å². The van der Waals surface area contributed by atoms with Crippen LogP contribution in [0.3, 0.4) is 0 Å². The maximum absolute atomic E-state index is 12.6. The van der Waals surface area contributed by atoms with E-state index in [0.717, 1.165) is 5.56 Å². The largest absolute Gasteiger partial charge is 0.352 e. The van der Waals surface area contributed by atoms with E-state index in [1.165, 1.54) is 4.57 Å². The molecule has 0 aliphatic carbocycles. The van der Waals surface area contributed by atoms with E-state index in [0.29, 0.717) is 23.0 Å². The zero-order valence-corrected chi connectivity index (χ0v) is 16.4. The van der Waals surface area contributed by atoms with E-state index in [2.05, 4.69) is 21.2 Å². The van der Waals surface area contributed by atoms with Crippen LogP contribution in [0.15, 0.2) is 53.3 Å². The van der Waals surface area contributed by atoms with Crippen LogP contribution >= 0.6 is 0 Å². The highest BCUT2D eigenvalue weighted by atomic mass is 16.2. The molecule has 0 aliphatic heterocycles. The summed E-state index contributed by atoms with van der Waals surface area (Å²) in [5, 5.41) is 3.24. The summed E-state index contributed by atoms with van der Waals surface area (Å²) in [5.41, 5.74) is 7.06. The second kappa shape index (κ2) is 9.01. The summed E-state index contributed by atoms with van der Waals surface area (Å²) in [5.74, 6) is -0.298. The van der Waals surface area contributed by atoms with Crippen molar-refractivity contribution in [2.45, 2.75) is 26.8 Å². The van der Waals surface area contributed by atoms with Crippen LogP contribution in [0.4, 0.5) is 5.95 Å². The second-order valence-electron chi connectivity index (χ2n) is 6.50. The van der Waals surface area contributed by atoms with Gasteiger partial charge in [0.25, 0.3) is 11.5 Å². The number of fused-ring (bicyclic) bond motifs is 1. The first-order chi connectivity index (χ1) is 14.0. The molecule has 0 saturated carbocycles. The average molecular weight is 393 g/mol. The van der Waals surface area contributed by atoms with Crippen molar-refractivity contribution in [1.82, 2.24) is 20.3 Å². The van der Waals surface area contributed by atoms with Gasteiger partial charge in [-0.05, 0) is 37.6 Å². The fraction of sp³-hybridized carbons (Fsp3) is 0.238. The number of carbonyl (C=O) groups is 2. The van der Waals surface area contributed by atoms with Crippen LogP contribution in [0, 0.1) is 6.92 Å². The number of para-hydroxylation sites is 1. The Kier molecular flexibility index (Phi) is 6.23. The number of hydrogen-bond donors (Lipinski definition) is 3. The van der Waals surface area contributed by atoms with Crippen LogP contribution < -0.4 is 21.7 Å². The van der Waals surface area contributed by atoms with E-state index in [1.54, 1.807) is 36.4 Å². The van der Waals surface area contributed by atoms with Crippen LogP contribution in [0.1, 0.15) is 29.3 Å². The molecule has 0 fully saturated rings. The first kappa shape index (κ1) is 20.1. The topological polar surface area (TPSA) is 105 Å². The minimum atomic E-state index is -0.333. The van der Waals surface area contributed by atoms with Crippen LogP contribution in [0.5, 0.6) is 0 Å². The highest BCUT2D eigenvalue weighted by Gasteiger charge is 2.11. The number of nitrogens with one attached hydrogen (secondary N) is 3. The maximum Gasteiger partial charge on any atom is 0.262 e. The van der Waals surface area contributed by atoms with Gasteiger partial charge < -0.3 is 5.32 Å². The molecular formula is C21H23N5O3. The number of benzene rings is 2. The Labute approximate surface area is 167 Å². The molecule has 29 heavy (non-hydrogen) atoms. The summed E-state index contributed by atoms with van der Waals surface area (Å²) in [6, 6.07) is 14.3. The molecule has 3 N–H and O–H groups in total. The molecule has 2 amide bonds. The zero-order valence-electron chi connectivity index (χ0n) is 16.4. The quantitative estimate of drug-likeness (QED) is 0.533. The molecule has 3 aromatic rings. The summed E-state index contributed by atoms with van der Waals surface area (Å²) in [4.78, 5) is 41.2. The van der Waals surface area contributed by atoms with Crippen LogP contribution in [0.25, 0.3) is 10.9 Å². The molecule has 0 radical (unpaired) electrons. The standard InChI is InChI=1S/C21H23N5O3/c1-3-26-20(29)16-10-6-7-11-17(16)23-21(26)25-24-18(27)12-13-22-19(28)15-9-5-4-8-14(15)2/h4-11H,3,12-13H2,1-2H3,(H,22,28)(H,23,25)(H,24,27). The molecule has 1 heterocycles. The predicted molar refractivity (Wildman–Crippen MR) is 112 cm³/mol. The van der Waals surface area contributed by atoms with E-state index < -0.39 is 0 Å². The van der Waals surface area contributed by atoms with Gasteiger partial charge in [0.2, 0.25) is 11.9 Å². The third kappa shape index (κ3) is 4.60. The first-order valence-electron chi connectivity index (χ1n) is 9.39. The first-order valence-corrected chi connectivity index (χ1v) is 9.39. The molecule has 0 bridgehead atoms. The number of anilines is 1. The molecule has 150 valence electrons. The van der Waals surface area contributed by atoms with Crippen molar-refractivity contribution in [1.29, 1.82) is 0 Å². The monoisotopic (exact) mass is 393 g/mol. The maximum atomic E-state index is 12.6. The summed E-state index contributed by atoms with van der Waals surface area (Å²) < 4.78 is 1.45. The Bertz CT molecular complexity index is 1110. The van der Waals surface area contributed by atoms with Gasteiger partial charge in [0.1, 0.15) is 0 Å². The van der Waals surface area contributed by atoms with Crippen molar-refractivity contribution in [2.75, 3.05) is 12.0 Å². The molecule has 8 nitrogen and oxygen atoms in total. The van der Waals surface area contributed by atoms with Gasteiger partial charge in [-0.2, -0.15) is 0 Å². The number of hydrazine groups is 1. The third-order valence-electron chi connectivity index (χ3n) is 4.52. The Morgan fingerprint density at radius 2 is 1.79 bits per heavy atom. The lowest BCUT2D eigenvalue weighted by Crippen LogP contribution is -2.36. The van der Waals surface area contributed by atoms with Gasteiger partial charge in [-0.3, -0.25) is 29.8 Å². The number of nitrogens with zero attached hydrogens (tertiary/aromatic N) is 2. The average Bonchev–Trinajstić information content (AvgIpc) is 2.72. The van der Waals surface area contributed by atoms with E-state index in [-0.39, 0.29) is 36.3 Å². The molecule has 0 unspecified atom stereocenters. The number of rotatable bonds is 7. The molecule has 0 spiro atoms. The fourth-order valence-corrected chi connectivity index (χ4v) is 2.96. The molecule has 8 heteroatoms. The molecule has 1 aromatic heterocycles. The Balaban J connectivity index is 1.58. The Morgan fingerprint density at radius 1 is 1.07 bits per heavy atom. The summed E-state index contributed by atoms with van der Waals surface area (Å²) in [7, 11) is 0. The molecule has 0 saturated heterocycles. The van der Waals surface area contributed by atoms with E-state index >= 15 is 0 Å². The summed E-state index contributed by atoms with van der Waals surface area (Å²) in [6.07, 6.45) is 0.0779. The normalized spacial score (nSPS) is 10.6. The van der Waals surface area contributed by atoms with E-state index in [9.17, 15) is 14.4 Å². The van der Waals surface area contributed by atoms with Gasteiger partial charge >= 0.3 is 0 Å². The van der Waals surface area contributed by atoms with Gasteiger partial charge in [0.05, 0.1) is 10.9 Å². The van der Waals surface area contributed by atoms with Crippen molar-refractivity contribution in [2.24, 2.45) is 0 Å². The minimum absolute atomic E-state index is 0.0779. The van der Waals surface area contributed by atoms with Crippen molar-refractivity contribution in [3.63, 3.8) is 0 Å². The lowest BCUT2D eigenvalue weighted by molar-refractivity contribution is -0.120. The highest BCUT2D eigenvalue weighted by Crippen LogP contribution is 2.10. The van der Waals surface area contributed by atoms with Gasteiger partial charge in [-0.15, -0.1) is 0 Å². The number of hydrogen-bond acceptors (Lipinski definition) is 5. The van der Waals surface area contributed by atoms with Crippen molar-refractivity contribution < 1.29 is 9.59 Å². The zero-order chi connectivity index (χ0) is 20.8. The summed E-state index contributed by atoms with van der Waals surface area (Å²) >= 11 is 0. The van der Waals surface area contributed by atoms with E-state index in [1.807, 2.05) is 26.0 Å². The number of carbonyl (C=O) groups excluding carboxylic acids is 2. The molecule has 3 rings (SSSR count). The fourth-order valence-electron chi connectivity index (χ4n) is 2.96. The van der Waals surface area contributed by atoms with Gasteiger partial charge in [0, 0.05) is 25.1 Å². The molecule has 0 atom stereocenters. The van der Waals surface area contributed by atoms with Crippen molar-refractivity contribution >= 4 is 28.7 Å². The minimum Gasteiger partial charge on any atom is -0.352 e. The van der Waals surface area contributed by atoms with Crippen molar-refractivity contribution in [3.8, 4) is 0 Å². The third-order valence-corrected chi connectivity index (χ3v) is 4.52. The number of aromatic nitrogens is 2. The Morgan fingerprint density at radius 3 is 2.55 bits per heavy atom. The number of amides is 2. The predicted octanol–water partition coefficient (Wildman–Crippen LogP) is 1.99. The Hall–Kier alpha value is -3.68. The molecular weight excluding hydrogens is 370 g/mol. The SMILES string of the molecule is CCn1c(NNC(=O)CCNC(=O)c2ccccc2C)nc2ccccc2c1=O. The van der Waals surface area contributed by atoms with Gasteiger partial charge in [-0.1, -0.05) is 30.3 Å². The van der Waals surface area contributed by atoms with Crippen LogP contribution in [-0.2, 0) is 11.3 Å². The van der Waals surface area contributed by atoms with Crippen molar-refractivity contribution in [3.05, 3.63) is 70.0 Å². The molecule has 0 aliphatic rings. The van der Waals surface area contributed by atoms with E-state index in [4.69, 9.17) is 0 Å². The molecule has 2 aromatic carbocycles. The lowest BCUT2D eigenvalue weighted by atomic mass is 10.1. The summed E-state index contributed by atoms with van der Waals surface area (Å²) in [6.45, 7) is 4.27. The van der Waals surface area contributed by atoms with Crippen LogP contribution in [0.2, 0.25) is 0 Å².